The van der Waals surface area contributed by atoms with E-state index in [1.165, 1.54) is 6.07 Å². The molecule has 0 aliphatic rings. The number of rotatable bonds is 6. The molecule has 0 aromatic carbocycles. The highest BCUT2D eigenvalue weighted by atomic mass is 19.4. The third-order valence-corrected chi connectivity index (χ3v) is 2.00. The van der Waals surface area contributed by atoms with Gasteiger partial charge >= 0.3 is 6.18 Å². The topological polar surface area (TPSA) is 47.0 Å². The van der Waals surface area contributed by atoms with Crippen LogP contribution in [-0.2, 0) is 0 Å². The van der Waals surface area contributed by atoms with Crippen LogP contribution in [0.5, 0.6) is 5.88 Å². The highest BCUT2D eigenvalue weighted by Crippen LogP contribution is 2.20. The monoisotopic (exact) mass is 263 g/mol. The van der Waals surface area contributed by atoms with Gasteiger partial charge in [0.2, 0.25) is 11.8 Å². The largest absolute Gasteiger partial charge is 0.477 e. The van der Waals surface area contributed by atoms with Crippen LogP contribution in [0.15, 0.2) is 6.07 Å². The fourth-order valence-corrected chi connectivity index (χ4v) is 1.20. The molecular weight excluding hydrogens is 247 g/mol. The second-order valence-corrected chi connectivity index (χ2v) is 3.81. The maximum absolute atomic E-state index is 12.0. The van der Waals surface area contributed by atoms with Gasteiger partial charge in [0.1, 0.15) is 0 Å². The first-order valence-corrected chi connectivity index (χ1v) is 5.70. The molecule has 0 atom stereocenters. The molecule has 18 heavy (non-hydrogen) atoms. The van der Waals surface area contributed by atoms with E-state index >= 15 is 0 Å². The molecule has 0 amide bonds. The number of alkyl halides is 3. The highest BCUT2D eigenvalue weighted by Gasteiger charge is 2.26. The zero-order chi connectivity index (χ0) is 13.6. The van der Waals surface area contributed by atoms with Crippen LogP contribution in [0.4, 0.5) is 19.1 Å². The summed E-state index contributed by atoms with van der Waals surface area (Å²) in [7, 11) is 0. The molecule has 1 rings (SSSR count). The molecule has 0 aliphatic heterocycles. The summed E-state index contributed by atoms with van der Waals surface area (Å²) in [6.45, 7) is 3.98. The van der Waals surface area contributed by atoms with E-state index in [2.05, 4.69) is 15.3 Å². The van der Waals surface area contributed by atoms with Gasteiger partial charge in [0.05, 0.1) is 13.0 Å². The maximum Gasteiger partial charge on any atom is 0.392 e. The van der Waals surface area contributed by atoms with Gasteiger partial charge in [0.15, 0.2) is 0 Å². The van der Waals surface area contributed by atoms with Gasteiger partial charge in [-0.2, -0.15) is 18.2 Å². The van der Waals surface area contributed by atoms with E-state index in [0.717, 1.165) is 6.42 Å². The minimum absolute atomic E-state index is 0.158. The molecule has 7 heteroatoms. The van der Waals surface area contributed by atoms with Crippen molar-refractivity contribution in [2.45, 2.75) is 32.9 Å². The second-order valence-electron chi connectivity index (χ2n) is 3.81. The van der Waals surface area contributed by atoms with Crippen molar-refractivity contribution >= 4 is 5.95 Å². The first-order valence-electron chi connectivity index (χ1n) is 5.70. The summed E-state index contributed by atoms with van der Waals surface area (Å²) < 4.78 is 40.8. The van der Waals surface area contributed by atoms with Crippen LogP contribution >= 0.6 is 0 Å². The van der Waals surface area contributed by atoms with Crippen LogP contribution in [0.25, 0.3) is 0 Å². The van der Waals surface area contributed by atoms with Crippen LogP contribution < -0.4 is 10.1 Å². The summed E-state index contributed by atoms with van der Waals surface area (Å²) in [5.41, 5.74) is 0.644. The summed E-state index contributed by atoms with van der Waals surface area (Å²) in [6, 6.07) is 1.51. The molecule has 0 saturated carbocycles. The third kappa shape index (κ3) is 5.70. The van der Waals surface area contributed by atoms with E-state index in [9.17, 15) is 13.2 Å². The van der Waals surface area contributed by atoms with Crippen molar-refractivity contribution in [2.24, 2.45) is 0 Å². The van der Waals surface area contributed by atoms with Gasteiger partial charge in [-0.25, -0.2) is 4.98 Å². The van der Waals surface area contributed by atoms with Gasteiger partial charge in [-0.3, -0.25) is 0 Å². The zero-order valence-electron chi connectivity index (χ0n) is 10.3. The molecule has 0 radical (unpaired) electrons. The summed E-state index contributed by atoms with van der Waals surface area (Å²) in [6.07, 6.45) is -4.30. The predicted octanol–water partition coefficient (Wildman–Crippen LogP) is 2.94. The molecule has 0 saturated heterocycles. The molecule has 0 fully saturated rings. The summed E-state index contributed by atoms with van der Waals surface area (Å²) >= 11 is 0. The molecular formula is C11H16F3N3O. The quantitative estimate of drug-likeness (QED) is 0.857. The second kappa shape index (κ2) is 6.42. The van der Waals surface area contributed by atoms with Gasteiger partial charge in [0.25, 0.3) is 0 Å². The minimum Gasteiger partial charge on any atom is -0.477 e. The fourth-order valence-electron chi connectivity index (χ4n) is 1.20. The molecule has 0 unspecified atom stereocenters. The van der Waals surface area contributed by atoms with Gasteiger partial charge < -0.3 is 10.1 Å². The molecule has 0 spiro atoms. The summed E-state index contributed by atoms with van der Waals surface area (Å²) in [5, 5.41) is 2.96. The van der Waals surface area contributed by atoms with Crippen LogP contribution in [0, 0.1) is 6.92 Å². The average molecular weight is 263 g/mol. The Morgan fingerprint density at radius 3 is 2.67 bits per heavy atom. The SMILES string of the molecule is CCCNc1nc(C)cc(OCCC(F)(F)F)n1. The molecule has 1 aromatic rings. The van der Waals surface area contributed by atoms with Crippen molar-refractivity contribution < 1.29 is 17.9 Å². The van der Waals surface area contributed by atoms with Crippen molar-refractivity contribution in [1.82, 2.24) is 9.97 Å². The number of halogens is 3. The standard InChI is InChI=1S/C11H16F3N3O/c1-3-5-15-10-16-8(2)7-9(17-10)18-6-4-11(12,13)14/h7H,3-6H2,1-2H3,(H,15,16,17). The van der Waals surface area contributed by atoms with E-state index in [4.69, 9.17) is 4.74 Å². The zero-order valence-corrected chi connectivity index (χ0v) is 10.3. The first kappa shape index (κ1) is 14.5. The maximum atomic E-state index is 12.0. The van der Waals surface area contributed by atoms with Gasteiger partial charge in [-0.15, -0.1) is 0 Å². The van der Waals surface area contributed by atoms with Crippen LogP contribution in [-0.4, -0.2) is 29.3 Å². The molecule has 0 aliphatic carbocycles. The first-order chi connectivity index (χ1) is 8.40. The minimum atomic E-state index is -4.22. The lowest BCUT2D eigenvalue weighted by molar-refractivity contribution is -0.139. The van der Waals surface area contributed by atoms with Gasteiger partial charge in [-0.1, -0.05) is 6.92 Å². The van der Waals surface area contributed by atoms with E-state index < -0.39 is 19.2 Å². The Balaban J connectivity index is 2.57. The number of nitrogens with zero attached hydrogens (tertiary/aromatic N) is 2. The Bertz CT molecular complexity index is 382. The van der Waals surface area contributed by atoms with Gasteiger partial charge in [0, 0.05) is 18.3 Å². The Morgan fingerprint density at radius 2 is 2.06 bits per heavy atom. The number of hydrogen-bond donors (Lipinski definition) is 1. The van der Waals surface area contributed by atoms with Crippen molar-refractivity contribution in [1.29, 1.82) is 0 Å². The lowest BCUT2D eigenvalue weighted by atomic mass is 10.4. The van der Waals surface area contributed by atoms with Gasteiger partial charge in [-0.05, 0) is 13.3 Å². The van der Waals surface area contributed by atoms with E-state index in [1.54, 1.807) is 6.92 Å². The van der Waals surface area contributed by atoms with E-state index in [-0.39, 0.29) is 5.88 Å². The molecule has 1 aromatic heterocycles. The molecule has 102 valence electrons. The number of ether oxygens (including phenoxy) is 1. The number of aromatic nitrogens is 2. The molecule has 1 heterocycles. The highest BCUT2D eigenvalue weighted by molar-refractivity contribution is 5.30. The molecule has 0 bridgehead atoms. The molecule has 4 nitrogen and oxygen atoms in total. The lowest BCUT2D eigenvalue weighted by Crippen LogP contribution is -2.14. The number of nitrogens with one attached hydrogen (secondary N) is 1. The third-order valence-electron chi connectivity index (χ3n) is 2.00. The van der Waals surface area contributed by atoms with Crippen LogP contribution in [0.1, 0.15) is 25.5 Å². The van der Waals surface area contributed by atoms with Crippen molar-refractivity contribution in [3.63, 3.8) is 0 Å². The number of aryl methyl sites for hydroxylation is 1. The van der Waals surface area contributed by atoms with E-state index in [1.807, 2.05) is 6.92 Å². The van der Waals surface area contributed by atoms with E-state index in [0.29, 0.717) is 18.2 Å². The van der Waals surface area contributed by atoms with Crippen molar-refractivity contribution in [3.05, 3.63) is 11.8 Å². The number of anilines is 1. The summed E-state index contributed by atoms with van der Waals surface area (Å²) in [5.74, 6) is 0.532. The Morgan fingerprint density at radius 1 is 1.33 bits per heavy atom. The van der Waals surface area contributed by atoms with Crippen LogP contribution in [0.3, 0.4) is 0 Å². The number of hydrogen-bond acceptors (Lipinski definition) is 4. The fraction of sp³-hybridized carbons (Fsp3) is 0.636. The molecule has 1 N–H and O–H groups in total. The van der Waals surface area contributed by atoms with Crippen LogP contribution in [0.2, 0.25) is 0 Å². The lowest BCUT2D eigenvalue weighted by Gasteiger charge is -2.10. The normalized spacial score (nSPS) is 11.4. The smallest absolute Gasteiger partial charge is 0.392 e. The summed E-state index contributed by atoms with van der Waals surface area (Å²) in [4.78, 5) is 8.08. The predicted molar refractivity (Wildman–Crippen MR) is 61.7 cm³/mol. The average Bonchev–Trinajstić information content (AvgIpc) is 2.24. The Kier molecular flexibility index (Phi) is 5.18. The Hall–Kier alpha value is -1.53. The van der Waals surface area contributed by atoms with Crippen molar-refractivity contribution in [3.8, 4) is 5.88 Å². The Labute approximate surface area is 104 Å². The van der Waals surface area contributed by atoms with Crippen molar-refractivity contribution in [2.75, 3.05) is 18.5 Å².